The molecular formula is C25H23ClF3N7O4S. The normalized spacial score (nSPS) is 12.2. The highest BCUT2D eigenvalue weighted by Crippen LogP contribution is 2.39. The monoisotopic (exact) mass is 609 g/mol. The van der Waals surface area contributed by atoms with Gasteiger partial charge in [0.15, 0.2) is 0 Å². The molecule has 0 unspecified atom stereocenters. The summed E-state index contributed by atoms with van der Waals surface area (Å²) in [6, 6.07) is 5.68. The van der Waals surface area contributed by atoms with Gasteiger partial charge in [0, 0.05) is 30.4 Å². The van der Waals surface area contributed by atoms with Gasteiger partial charge in [-0.15, -0.1) is 0 Å². The average Bonchev–Trinajstić information content (AvgIpc) is 3.38. The zero-order valence-corrected chi connectivity index (χ0v) is 23.3. The highest BCUT2D eigenvalue weighted by Gasteiger charge is 2.26. The van der Waals surface area contributed by atoms with E-state index in [4.69, 9.17) is 11.6 Å². The van der Waals surface area contributed by atoms with Crippen molar-refractivity contribution >= 4 is 33.7 Å². The number of aromatic nitrogens is 4. The first kappa shape index (κ1) is 29.8. The summed E-state index contributed by atoms with van der Waals surface area (Å²) >= 11 is 6.46. The molecule has 4 rings (SSSR count). The number of ether oxygens (including phenoxy) is 1. The van der Waals surface area contributed by atoms with Gasteiger partial charge in [-0.05, 0) is 44.3 Å². The third-order valence-corrected chi connectivity index (χ3v) is 7.69. The zero-order chi connectivity index (χ0) is 29.9. The number of alkyl carbamates (subject to hydrolysis) is 1. The molecule has 1 amide bonds. The lowest BCUT2D eigenvalue weighted by Gasteiger charge is -2.14. The minimum Gasteiger partial charge on any atom is -0.453 e. The molecule has 0 aliphatic carbocycles. The van der Waals surface area contributed by atoms with Gasteiger partial charge in [-0.1, -0.05) is 11.6 Å². The SMILES string of the molecule is CNS(=O)(=O)c1cc(F)cc(-c2nc(-c3ccc(F)cc3F)[nH]c2-c2ccnc(NC[C@H](C)NC(=O)OC)n2)c1Cl. The predicted molar refractivity (Wildman–Crippen MR) is 145 cm³/mol. The first-order chi connectivity index (χ1) is 19.4. The Morgan fingerprint density at radius 1 is 1.10 bits per heavy atom. The number of sulfonamides is 1. The molecule has 16 heteroatoms. The third kappa shape index (κ3) is 6.58. The minimum absolute atomic E-state index is 0.0637. The van der Waals surface area contributed by atoms with Gasteiger partial charge in [-0.3, -0.25) is 0 Å². The van der Waals surface area contributed by atoms with E-state index in [1.807, 2.05) is 0 Å². The number of imidazole rings is 1. The van der Waals surface area contributed by atoms with Crippen molar-refractivity contribution in [1.82, 2.24) is 30.0 Å². The van der Waals surface area contributed by atoms with E-state index < -0.39 is 38.5 Å². The highest BCUT2D eigenvalue weighted by atomic mass is 35.5. The predicted octanol–water partition coefficient (Wildman–Crippen LogP) is 4.34. The van der Waals surface area contributed by atoms with E-state index in [2.05, 4.69) is 40.0 Å². The molecule has 0 saturated carbocycles. The first-order valence-electron chi connectivity index (χ1n) is 11.8. The molecule has 4 N–H and O–H groups in total. The number of methoxy groups -OCH3 is 1. The Bertz CT molecular complexity index is 1720. The van der Waals surface area contributed by atoms with Crippen molar-refractivity contribution in [2.24, 2.45) is 0 Å². The number of hydrogen-bond acceptors (Lipinski definition) is 8. The number of halogens is 4. The Morgan fingerprint density at radius 3 is 2.54 bits per heavy atom. The Kier molecular flexibility index (Phi) is 8.80. The smallest absolute Gasteiger partial charge is 0.407 e. The molecule has 2 aromatic heterocycles. The number of anilines is 1. The largest absolute Gasteiger partial charge is 0.453 e. The fourth-order valence-corrected chi connectivity index (χ4v) is 5.08. The molecule has 0 aliphatic heterocycles. The van der Waals surface area contributed by atoms with E-state index in [1.54, 1.807) is 6.92 Å². The van der Waals surface area contributed by atoms with Gasteiger partial charge in [0.2, 0.25) is 16.0 Å². The topological polar surface area (TPSA) is 151 Å². The number of H-pyrrole nitrogens is 1. The lowest BCUT2D eigenvalue weighted by Crippen LogP contribution is -2.37. The molecule has 2 heterocycles. The number of nitrogens with one attached hydrogen (secondary N) is 4. The van der Waals surface area contributed by atoms with Crippen LogP contribution >= 0.6 is 11.6 Å². The van der Waals surface area contributed by atoms with Crippen LogP contribution in [0.1, 0.15) is 6.92 Å². The number of hydrogen-bond donors (Lipinski definition) is 4. The summed E-state index contributed by atoms with van der Waals surface area (Å²) < 4.78 is 74.7. The molecule has 0 radical (unpaired) electrons. The van der Waals surface area contributed by atoms with Gasteiger partial charge in [-0.2, -0.15) is 0 Å². The lowest BCUT2D eigenvalue weighted by atomic mass is 10.1. The number of nitrogens with zero attached hydrogens (tertiary/aromatic N) is 3. The van der Waals surface area contributed by atoms with Crippen molar-refractivity contribution in [2.45, 2.75) is 17.9 Å². The van der Waals surface area contributed by atoms with E-state index in [1.165, 1.54) is 19.4 Å². The van der Waals surface area contributed by atoms with Crippen LogP contribution < -0.4 is 15.4 Å². The average molecular weight is 610 g/mol. The van der Waals surface area contributed by atoms with Crippen LogP contribution in [0, 0.1) is 17.5 Å². The Morgan fingerprint density at radius 2 is 1.85 bits per heavy atom. The van der Waals surface area contributed by atoms with Crippen LogP contribution in [-0.2, 0) is 14.8 Å². The molecule has 0 aliphatic rings. The number of carbonyl (C=O) groups excluding carboxylic acids is 1. The van der Waals surface area contributed by atoms with Crippen molar-refractivity contribution in [3.05, 3.63) is 65.1 Å². The summed E-state index contributed by atoms with van der Waals surface area (Å²) in [6.45, 7) is 1.93. The van der Waals surface area contributed by atoms with E-state index in [-0.39, 0.29) is 57.6 Å². The molecule has 11 nitrogen and oxygen atoms in total. The Hall–Kier alpha value is -4.21. The molecule has 4 aromatic rings. The van der Waals surface area contributed by atoms with Gasteiger partial charge in [0.1, 0.15) is 33.9 Å². The molecule has 0 saturated heterocycles. The van der Waals surface area contributed by atoms with Crippen LogP contribution in [0.15, 0.2) is 47.5 Å². The number of benzene rings is 2. The third-order valence-electron chi connectivity index (χ3n) is 5.74. The summed E-state index contributed by atoms with van der Waals surface area (Å²) in [6.07, 6.45) is 0.777. The maximum absolute atomic E-state index is 14.7. The summed E-state index contributed by atoms with van der Waals surface area (Å²) in [5.41, 5.74) is -0.0267. The molecule has 41 heavy (non-hydrogen) atoms. The second-order valence-corrected chi connectivity index (χ2v) is 10.8. The molecule has 0 spiro atoms. The quantitative estimate of drug-likeness (QED) is 0.219. The molecule has 1 atom stereocenters. The van der Waals surface area contributed by atoms with E-state index in [9.17, 15) is 26.4 Å². The summed E-state index contributed by atoms with van der Waals surface area (Å²) in [4.78, 5) is 26.7. The summed E-state index contributed by atoms with van der Waals surface area (Å²) in [7, 11) is -1.81. The lowest BCUT2D eigenvalue weighted by molar-refractivity contribution is 0.168. The van der Waals surface area contributed by atoms with Gasteiger partial charge in [0.25, 0.3) is 0 Å². The van der Waals surface area contributed by atoms with Crippen molar-refractivity contribution in [1.29, 1.82) is 0 Å². The van der Waals surface area contributed by atoms with E-state index in [0.717, 1.165) is 31.3 Å². The van der Waals surface area contributed by atoms with Crippen LogP contribution in [0.25, 0.3) is 34.0 Å². The number of amides is 1. The van der Waals surface area contributed by atoms with Crippen LogP contribution in [-0.4, -0.2) is 61.2 Å². The van der Waals surface area contributed by atoms with Crippen LogP contribution in [0.2, 0.25) is 5.02 Å². The van der Waals surface area contributed by atoms with Crippen molar-refractivity contribution in [2.75, 3.05) is 26.0 Å². The first-order valence-corrected chi connectivity index (χ1v) is 13.7. The molecule has 216 valence electrons. The van der Waals surface area contributed by atoms with Crippen molar-refractivity contribution < 1.29 is 31.1 Å². The van der Waals surface area contributed by atoms with Gasteiger partial charge < -0.3 is 20.4 Å². The minimum atomic E-state index is -4.19. The standard InChI is InChI=1S/C25H23ClF3N7O4S/c1-12(33-25(37)40-3)11-32-24-31-7-6-18(34-24)22-21(35-23(36-22)15-5-4-13(27)9-17(15)29)16-8-14(28)10-19(20(16)26)41(38,39)30-2/h4-10,12,30H,11H2,1-3H3,(H,33,37)(H,35,36)(H,31,32,34)/t12-/m0/s1. The summed E-state index contributed by atoms with van der Waals surface area (Å²) in [5, 5.41) is 5.18. The number of aromatic amines is 1. The molecule has 2 aromatic carbocycles. The van der Waals surface area contributed by atoms with Crippen LogP contribution in [0.4, 0.5) is 23.9 Å². The second kappa shape index (κ2) is 12.1. The molecule has 0 bridgehead atoms. The fraction of sp³-hybridized carbons (Fsp3) is 0.200. The van der Waals surface area contributed by atoms with E-state index in [0.29, 0.717) is 6.07 Å². The number of carbonyl (C=O) groups is 1. The fourth-order valence-electron chi connectivity index (χ4n) is 3.74. The van der Waals surface area contributed by atoms with Gasteiger partial charge in [-0.25, -0.2) is 46.1 Å². The zero-order valence-electron chi connectivity index (χ0n) is 21.7. The van der Waals surface area contributed by atoms with Crippen molar-refractivity contribution in [3.63, 3.8) is 0 Å². The second-order valence-electron chi connectivity index (χ2n) is 8.59. The van der Waals surface area contributed by atoms with E-state index >= 15 is 0 Å². The maximum atomic E-state index is 14.7. The van der Waals surface area contributed by atoms with Crippen LogP contribution in [0.3, 0.4) is 0 Å². The molecule has 0 fully saturated rings. The number of rotatable bonds is 9. The Balaban J connectivity index is 1.85. The van der Waals surface area contributed by atoms with Crippen molar-refractivity contribution in [3.8, 4) is 34.0 Å². The highest BCUT2D eigenvalue weighted by molar-refractivity contribution is 7.89. The van der Waals surface area contributed by atoms with Gasteiger partial charge in [0.05, 0.1) is 29.1 Å². The van der Waals surface area contributed by atoms with Gasteiger partial charge >= 0.3 is 6.09 Å². The maximum Gasteiger partial charge on any atom is 0.407 e. The molecular weight excluding hydrogens is 587 g/mol. The Labute approximate surface area is 237 Å². The summed E-state index contributed by atoms with van der Waals surface area (Å²) in [5.74, 6) is -2.64. The van der Waals surface area contributed by atoms with Crippen LogP contribution in [0.5, 0.6) is 0 Å².